The van der Waals surface area contributed by atoms with Gasteiger partial charge in [0, 0.05) is 24.0 Å². The van der Waals surface area contributed by atoms with Crippen LogP contribution >= 0.6 is 0 Å². The normalized spacial score (nSPS) is 21.4. The molecule has 0 fully saturated rings. The van der Waals surface area contributed by atoms with Gasteiger partial charge in [0.2, 0.25) is 0 Å². The number of carbonyl (C=O) groups excluding carboxylic acids is 3. The molecule has 7 heteroatoms. The monoisotopic (exact) mass is 514 g/mol. The van der Waals surface area contributed by atoms with Crippen molar-refractivity contribution in [1.29, 1.82) is 0 Å². The molecule has 0 saturated carbocycles. The molecule has 0 aliphatic carbocycles. The number of furan rings is 1. The first-order chi connectivity index (χ1) is 18.4. The van der Waals surface area contributed by atoms with Crippen LogP contribution in [-0.2, 0) is 14.3 Å². The lowest BCUT2D eigenvalue weighted by atomic mass is 9.86. The molecule has 38 heavy (non-hydrogen) atoms. The number of benzene rings is 2. The highest BCUT2D eigenvalue weighted by atomic mass is 16.5. The number of Topliss-reactive ketones (excluding diaryl/α,β-unsaturated/α-hetero) is 1. The predicted octanol–water partition coefficient (Wildman–Crippen LogP) is 6.58. The van der Waals surface area contributed by atoms with Crippen LogP contribution in [0.5, 0.6) is 11.5 Å². The molecule has 3 aromatic rings. The first-order valence-corrected chi connectivity index (χ1v) is 13.1. The third kappa shape index (κ3) is 5.42. The van der Waals surface area contributed by atoms with Crippen LogP contribution in [0.3, 0.4) is 0 Å². The smallest absolute Gasteiger partial charge is 0.342 e. The molecule has 7 nitrogen and oxygen atoms in total. The summed E-state index contributed by atoms with van der Waals surface area (Å²) in [4.78, 5) is 38.0. The van der Waals surface area contributed by atoms with E-state index in [0.29, 0.717) is 61.2 Å². The van der Waals surface area contributed by atoms with Crippen molar-refractivity contribution in [3.05, 3.63) is 77.1 Å². The van der Waals surface area contributed by atoms with Crippen molar-refractivity contribution < 1.29 is 33.4 Å². The highest BCUT2D eigenvalue weighted by Gasteiger charge is 2.37. The Balaban J connectivity index is 1.57. The molecule has 0 spiro atoms. The molecule has 1 unspecified atom stereocenters. The maximum atomic E-state index is 13.3. The maximum absolute atomic E-state index is 13.3. The zero-order valence-corrected chi connectivity index (χ0v) is 21.3. The van der Waals surface area contributed by atoms with Gasteiger partial charge in [0.15, 0.2) is 0 Å². The largest absolute Gasteiger partial charge is 0.507 e. The van der Waals surface area contributed by atoms with Crippen LogP contribution in [0.15, 0.2) is 59.0 Å². The topological polar surface area (TPSA) is 103 Å². The fourth-order valence-electron chi connectivity index (χ4n) is 5.06. The highest BCUT2D eigenvalue weighted by molar-refractivity contribution is 5.98. The number of aromatic hydroxyl groups is 1. The Hall–Kier alpha value is -4.13. The number of esters is 2. The van der Waals surface area contributed by atoms with E-state index in [4.69, 9.17) is 13.9 Å². The predicted molar refractivity (Wildman–Crippen MR) is 141 cm³/mol. The van der Waals surface area contributed by atoms with Crippen LogP contribution < -0.4 is 4.74 Å². The lowest BCUT2D eigenvalue weighted by molar-refractivity contribution is -0.135. The maximum Gasteiger partial charge on any atom is 0.342 e. The molecule has 2 aromatic carbocycles. The number of fused-ring (bicyclic) bond motifs is 2. The summed E-state index contributed by atoms with van der Waals surface area (Å²) in [5.74, 6) is -0.540. The van der Waals surface area contributed by atoms with E-state index in [0.717, 1.165) is 5.56 Å². The van der Waals surface area contributed by atoms with Crippen LogP contribution in [0.2, 0.25) is 0 Å². The number of rotatable bonds is 2. The average Bonchev–Trinajstić information content (AvgIpc) is 3.38. The molecule has 3 heterocycles. The summed E-state index contributed by atoms with van der Waals surface area (Å²) in [5, 5.41) is 11.5. The van der Waals surface area contributed by atoms with Gasteiger partial charge in [-0.25, -0.2) is 4.79 Å². The molecule has 2 aliphatic heterocycles. The molecule has 0 saturated heterocycles. The number of cyclic esters (lactones) is 1. The van der Waals surface area contributed by atoms with Crippen molar-refractivity contribution in [1.82, 2.24) is 0 Å². The highest BCUT2D eigenvalue weighted by Crippen LogP contribution is 2.47. The summed E-state index contributed by atoms with van der Waals surface area (Å²) in [6.07, 6.45) is 6.53. The van der Waals surface area contributed by atoms with Crippen LogP contribution in [-0.4, -0.2) is 28.9 Å². The Morgan fingerprint density at radius 3 is 2.58 bits per heavy atom. The Kier molecular flexibility index (Phi) is 7.45. The fraction of sp³-hybridized carbons (Fsp3) is 0.323. The van der Waals surface area contributed by atoms with Gasteiger partial charge in [0.25, 0.3) is 0 Å². The van der Waals surface area contributed by atoms with E-state index >= 15 is 0 Å². The van der Waals surface area contributed by atoms with E-state index in [9.17, 15) is 19.5 Å². The van der Waals surface area contributed by atoms with Gasteiger partial charge in [-0.2, -0.15) is 0 Å². The number of allylic oxidation sites excluding steroid dienone is 1. The molecule has 2 atom stereocenters. The summed E-state index contributed by atoms with van der Waals surface area (Å²) < 4.78 is 17.3. The number of phenolic OH excluding ortho intramolecular Hbond substituents is 1. The Labute approximate surface area is 221 Å². The lowest BCUT2D eigenvalue weighted by Gasteiger charge is -2.26. The van der Waals surface area contributed by atoms with Gasteiger partial charge in [0.05, 0.1) is 18.4 Å². The van der Waals surface area contributed by atoms with Crippen molar-refractivity contribution in [2.24, 2.45) is 0 Å². The molecular formula is C31H30O7. The number of carbonyl (C=O) groups is 3. The zero-order chi connectivity index (χ0) is 26.6. The van der Waals surface area contributed by atoms with Crippen molar-refractivity contribution >= 4 is 23.8 Å². The van der Waals surface area contributed by atoms with Gasteiger partial charge in [-0.05, 0) is 56.4 Å². The summed E-state index contributed by atoms with van der Waals surface area (Å²) in [6, 6.07) is 14.8. The number of hydrogen-bond acceptors (Lipinski definition) is 7. The third-order valence-electron chi connectivity index (χ3n) is 7.01. The standard InChI is InChI=1S/C31H30O7/c1-19-9-8-14-22(32)13-7-3-6-12-21-17-26-29(30(34)28(21)31(35)36-19)23(18-27(33)38-26)25-16-15-24(37-25)20-10-4-2-5-11-20/h2,4-6,10-12,15-17,19,23,34H,3,7-9,13-14,18H2,1H3/b12-6+/t19-,23?/m0/s1. The van der Waals surface area contributed by atoms with Gasteiger partial charge in [-0.3, -0.25) is 9.59 Å². The fourth-order valence-corrected chi connectivity index (χ4v) is 5.06. The molecule has 1 N–H and O–H groups in total. The first-order valence-electron chi connectivity index (χ1n) is 13.1. The zero-order valence-electron chi connectivity index (χ0n) is 21.3. The number of ether oxygens (including phenoxy) is 2. The minimum absolute atomic E-state index is 0.0257. The van der Waals surface area contributed by atoms with Crippen LogP contribution in [0, 0.1) is 0 Å². The molecule has 0 radical (unpaired) electrons. The lowest BCUT2D eigenvalue weighted by Crippen LogP contribution is -2.23. The number of ketones is 1. The molecule has 0 bridgehead atoms. The summed E-state index contributed by atoms with van der Waals surface area (Å²) in [7, 11) is 0. The average molecular weight is 515 g/mol. The Bertz CT molecular complexity index is 1380. The van der Waals surface area contributed by atoms with Crippen LogP contribution in [0.1, 0.15) is 85.0 Å². The van der Waals surface area contributed by atoms with Crippen LogP contribution in [0.25, 0.3) is 17.4 Å². The second-order valence-corrected chi connectivity index (χ2v) is 9.84. The molecule has 1 aromatic heterocycles. The van der Waals surface area contributed by atoms with E-state index < -0.39 is 24.0 Å². The third-order valence-corrected chi connectivity index (χ3v) is 7.01. The van der Waals surface area contributed by atoms with E-state index in [2.05, 4.69) is 0 Å². The SMILES string of the molecule is C[C@H]1CCCC(=O)CCC/C=C/c2cc3c(c(O)c2C(=O)O1)C(c1ccc(-c2ccccc2)o1)CC(=O)O3. The summed E-state index contributed by atoms with van der Waals surface area (Å²) in [5.41, 5.74) is 1.62. The van der Waals surface area contributed by atoms with Gasteiger partial charge in [0.1, 0.15) is 34.4 Å². The second-order valence-electron chi connectivity index (χ2n) is 9.84. The molecule has 2 aliphatic rings. The Morgan fingerprint density at radius 2 is 1.76 bits per heavy atom. The van der Waals surface area contributed by atoms with E-state index in [1.807, 2.05) is 42.5 Å². The molecule has 196 valence electrons. The summed E-state index contributed by atoms with van der Waals surface area (Å²) in [6.45, 7) is 1.78. The number of hydrogen-bond donors (Lipinski definition) is 1. The minimum atomic E-state index is -0.666. The van der Waals surface area contributed by atoms with Crippen molar-refractivity contribution in [3.8, 4) is 22.8 Å². The van der Waals surface area contributed by atoms with Gasteiger partial charge >= 0.3 is 11.9 Å². The van der Waals surface area contributed by atoms with E-state index in [-0.39, 0.29) is 29.3 Å². The van der Waals surface area contributed by atoms with E-state index in [1.54, 1.807) is 25.1 Å². The van der Waals surface area contributed by atoms with Crippen molar-refractivity contribution in [3.63, 3.8) is 0 Å². The molecular weight excluding hydrogens is 484 g/mol. The second kappa shape index (κ2) is 11.1. The van der Waals surface area contributed by atoms with Gasteiger partial charge in [-0.1, -0.05) is 42.5 Å². The first kappa shape index (κ1) is 25.5. The summed E-state index contributed by atoms with van der Waals surface area (Å²) >= 11 is 0. The minimum Gasteiger partial charge on any atom is -0.507 e. The van der Waals surface area contributed by atoms with Crippen molar-refractivity contribution in [2.45, 2.75) is 63.9 Å². The molecule has 5 rings (SSSR count). The van der Waals surface area contributed by atoms with Gasteiger partial charge < -0.3 is 19.0 Å². The quantitative estimate of drug-likeness (QED) is 0.304. The number of phenols is 1. The molecule has 0 amide bonds. The van der Waals surface area contributed by atoms with Crippen molar-refractivity contribution in [2.75, 3.05) is 0 Å². The van der Waals surface area contributed by atoms with Gasteiger partial charge in [-0.15, -0.1) is 0 Å². The van der Waals surface area contributed by atoms with Crippen LogP contribution in [0.4, 0.5) is 0 Å². The Morgan fingerprint density at radius 1 is 0.974 bits per heavy atom. The van der Waals surface area contributed by atoms with E-state index in [1.165, 1.54) is 0 Å².